The largest absolute Gasteiger partial charge is 0.482 e. The summed E-state index contributed by atoms with van der Waals surface area (Å²) in [5.41, 5.74) is 2.66. The third kappa shape index (κ3) is 5.10. The zero-order valence-corrected chi connectivity index (χ0v) is 18.0. The quantitative estimate of drug-likeness (QED) is 0.492. The molecule has 1 fully saturated rings. The van der Waals surface area contributed by atoms with Crippen LogP contribution >= 0.6 is 0 Å². The van der Waals surface area contributed by atoms with Crippen LogP contribution in [0.5, 0.6) is 5.75 Å². The van der Waals surface area contributed by atoms with Crippen molar-refractivity contribution in [2.75, 3.05) is 6.61 Å². The highest BCUT2D eigenvalue weighted by Gasteiger charge is 2.43. The van der Waals surface area contributed by atoms with E-state index in [1.807, 2.05) is 12.1 Å². The first-order chi connectivity index (χ1) is 13.5. The predicted molar refractivity (Wildman–Crippen MR) is 114 cm³/mol. The van der Waals surface area contributed by atoms with Gasteiger partial charge in [-0.1, -0.05) is 65.0 Å². The Balaban J connectivity index is 1.62. The van der Waals surface area contributed by atoms with Crippen LogP contribution in [0.2, 0.25) is 0 Å². The van der Waals surface area contributed by atoms with E-state index in [-0.39, 0.29) is 6.61 Å². The summed E-state index contributed by atoms with van der Waals surface area (Å²) >= 11 is 0. The molecule has 0 saturated heterocycles. The average molecular weight is 387 g/mol. The van der Waals surface area contributed by atoms with Crippen molar-refractivity contribution in [1.29, 1.82) is 0 Å². The number of ether oxygens (including phenoxy) is 1. The molecule has 0 spiro atoms. The van der Waals surface area contributed by atoms with E-state index < -0.39 is 5.97 Å². The SMILES string of the molecule is CCCCCC(C)CCC1C(C)CC2Cc3c(cccc3OCC(=O)O)CC21. The number of hydrogen-bond donors (Lipinski definition) is 1. The summed E-state index contributed by atoms with van der Waals surface area (Å²) in [5.74, 6) is 3.90. The molecule has 0 radical (unpaired) electrons. The smallest absolute Gasteiger partial charge is 0.341 e. The number of carboxylic acid groups (broad SMARTS) is 1. The summed E-state index contributed by atoms with van der Waals surface area (Å²) < 4.78 is 5.59. The highest BCUT2D eigenvalue weighted by molar-refractivity contribution is 5.68. The Morgan fingerprint density at radius 3 is 2.82 bits per heavy atom. The molecule has 0 aliphatic heterocycles. The number of carboxylic acids is 1. The summed E-state index contributed by atoms with van der Waals surface area (Å²) in [6, 6.07) is 6.20. The van der Waals surface area contributed by atoms with Crippen molar-refractivity contribution in [2.45, 2.75) is 78.6 Å². The van der Waals surface area contributed by atoms with Crippen LogP contribution in [0.15, 0.2) is 18.2 Å². The Kier molecular flexibility index (Phi) is 7.42. The van der Waals surface area contributed by atoms with E-state index in [0.717, 1.165) is 48.2 Å². The van der Waals surface area contributed by atoms with Crippen molar-refractivity contribution in [1.82, 2.24) is 0 Å². The van der Waals surface area contributed by atoms with Crippen LogP contribution in [-0.4, -0.2) is 17.7 Å². The lowest BCUT2D eigenvalue weighted by Gasteiger charge is -2.33. The third-order valence-corrected chi connectivity index (χ3v) is 7.36. The van der Waals surface area contributed by atoms with Gasteiger partial charge in [-0.2, -0.15) is 0 Å². The average Bonchev–Trinajstić information content (AvgIpc) is 2.97. The number of aliphatic carboxylic acids is 1. The molecule has 2 aliphatic carbocycles. The lowest BCUT2D eigenvalue weighted by atomic mass is 9.73. The summed E-state index contributed by atoms with van der Waals surface area (Å²) in [5, 5.41) is 8.95. The van der Waals surface area contributed by atoms with E-state index in [2.05, 4.69) is 26.8 Å². The molecule has 156 valence electrons. The van der Waals surface area contributed by atoms with Crippen LogP contribution < -0.4 is 4.74 Å². The first-order valence-corrected chi connectivity index (χ1v) is 11.4. The van der Waals surface area contributed by atoms with E-state index in [1.165, 1.54) is 56.1 Å². The van der Waals surface area contributed by atoms with Crippen molar-refractivity contribution in [2.24, 2.45) is 29.6 Å². The van der Waals surface area contributed by atoms with Crippen molar-refractivity contribution in [3.05, 3.63) is 29.3 Å². The number of hydrogen-bond acceptors (Lipinski definition) is 2. The highest BCUT2D eigenvalue weighted by atomic mass is 16.5. The van der Waals surface area contributed by atoms with Crippen LogP contribution in [0, 0.1) is 29.6 Å². The second-order valence-electron chi connectivity index (χ2n) is 9.46. The summed E-state index contributed by atoms with van der Waals surface area (Å²) in [4.78, 5) is 10.9. The van der Waals surface area contributed by atoms with Gasteiger partial charge < -0.3 is 9.84 Å². The summed E-state index contributed by atoms with van der Waals surface area (Å²) in [6.45, 7) is 6.93. The van der Waals surface area contributed by atoms with Crippen LogP contribution in [0.3, 0.4) is 0 Å². The standard InChI is InChI=1S/C25H38O3/c1-4-5-6-8-17(2)11-12-21-18(3)13-20-15-23-19(14-22(20)21)9-7-10-24(23)28-16-25(26)27/h7,9-10,17-18,20-22H,4-6,8,11-16H2,1-3H3,(H,26,27). The van der Waals surface area contributed by atoms with Crippen molar-refractivity contribution in [3.8, 4) is 5.75 Å². The lowest BCUT2D eigenvalue weighted by molar-refractivity contribution is -0.139. The van der Waals surface area contributed by atoms with E-state index in [0.29, 0.717) is 0 Å². The van der Waals surface area contributed by atoms with Gasteiger partial charge in [-0.3, -0.25) is 0 Å². The Labute approximate surface area is 170 Å². The van der Waals surface area contributed by atoms with E-state index >= 15 is 0 Å². The molecule has 3 heteroatoms. The molecule has 0 heterocycles. The van der Waals surface area contributed by atoms with Gasteiger partial charge in [-0.25, -0.2) is 4.79 Å². The van der Waals surface area contributed by atoms with Crippen LogP contribution in [0.25, 0.3) is 0 Å². The van der Waals surface area contributed by atoms with Crippen molar-refractivity contribution in [3.63, 3.8) is 0 Å². The van der Waals surface area contributed by atoms with Crippen LogP contribution in [0.4, 0.5) is 0 Å². The minimum absolute atomic E-state index is 0.250. The Hall–Kier alpha value is -1.51. The van der Waals surface area contributed by atoms with Gasteiger partial charge in [0.1, 0.15) is 5.75 Å². The maximum absolute atomic E-state index is 10.9. The molecule has 5 unspecified atom stereocenters. The van der Waals surface area contributed by atoms with Crippen molar-refractivity contribution >= 4 is 5.97 Å². The molecule has 5 atom stereocenters. The fourth-order valence-corrected chi connectivity index (χ4v) is 5.84. The predicted octanol–water partition coefficient (Wildman–Crippen LogP) is 6.13. The lowest BCUT2D eigenvalue weighted by Crippen LogP contribution is -2.26. The number of benzene rings is 1. The Morgan fingerprint density at radius 2 is 2.07 bits per heavy atom. The fraction of sp³-hybridized carbons (Fsp3) is 0.720. The second kappa shape index (κ2) is 9.80. The molecule has 1 saturated carbocycles. The zero-order valence-electron chi connectivity index (χ0n) is 18.0. The molecular formula is C25H38O3. The normalized spacial score (nSPS) is 27.1. The second-order valence-corrected chi connectivity index (χ2v) is 9.46. The molecule has 0 bridgehead atoms. The van der Waals surface area contributed by atoms with E-state index in [9.17, 15) is 4.79 Å². The van der Waals surface area contributed by atoms with E-state index in [1.54, 1.807) is 0 Å². The van der Waals surface area contributed by atoms with E-state index in [4.69, 9.17) is 9.84 Å². The number of unbranched alkanes of at least 4 members (excludes halogenated alkanes) is 2. The molecule has 0 amide bonds. The summed E-state index contributed by atoms with van der Waals surface area (Å²) in [6.07, 6.45) is 11.7. The third-order valence-electron chi connectivity index (χ3n) is 7.36. The number of fused-ring (bicyclic) bond motifs is 2. The molecule has 2 aliphatic rings. The van der Waals surface area contributed by atoms with Crippen molar-refractivity contribution < 1.29 is 14.6 Å². The van der Waals surface area contributed by atoms with Crippen LogP contribution in [-0.2, 0) is 17.6 Å². The van der Waals surface area contributed by atoms with Gasteiger partial charge in [0, 0.05) is 0 Å². The fourth-order valence-electron chi connectivity index (χ4n) is 5.84. The molecule has 1 N–H and O–H groups in total. The van der Waals surface area contributed by atoms with Gasteiger partial charge in [0.2, 0.25) is 0 Å². The minimum atomic E-state index is -0.908. The highest BCUT2D eigenvalue weighted by Crippen LogP contribution is 2.51. The zero-order chi connectivity index (χ0) is 20.1. The maximum atomic E-state index is 10.9. The van der Waals surface area contributed by atoms with Gasteiger partial charge in [-0.05, 0) is 72.5 Å². The first kappa shape index (κ1) is 21.2. The molecule has 3 rings (SSSR count). The first-order valence-electron chi connectivity index (χ1n) is 11.4. The summed E-state index contributed by atoms with van der Waals surface area (Å²) in [7, 11) is 0. The Morgan fingerprint density at radius 1 is 1.25 bits per heavy atom. The number of carbonyl (C=O) groups is 1. The van der Waals surface area contributed by atoms with Gasteiger partial charge in [0.25, 0.3) is 0 Å². The van der Waals surface area contributed by atoms with Gasteiger partial charge >= 0.3 is 5.97 Å². The minimum Gasteiger partial charge on any atom is -0.482 e. The molecule has 1 aromatic carbocycles. The molecule has 1 aromatic rings. The van der Waals surface area contributed by atoms with Gasteiger partial charge in [0.15, 0.2) is 6.61 Å². The number of rotatable bonds is 10. The molecule has 0 aromatic heterocycles. The maximum Gasteiger partial charge on any atom is 0.341 e. The van der Waals surface area contributed by atoms with Gasteiger partial charge in [0.05, 0.1) is 0 Å². The van der Waals surface area contributed by atoms with Gasteiger partial charge in [-0.15, -0.1) is 0 Å². The van der Waals surface area contributed by atoms with Crippen LogP contribution in [0.1, 0.15) is 76.8 Å². The topological polar surface area (TPSA) is 46.5 Å². The molecule has 28 heavy (non-hydrogen) atoms. The molecular weight excluding hydrogens is 348 g/mol. The monoisotopic (exact) mass is 386 g/mol. The molecule has 3 nitrogen and oxygen atoms in total. The Bertz CT molecular complexity index is 653.